The Bertz CT molecular complexity index is 350. The molecule has 4 heteroatoms. The van der Waals surface area contributed by atoms with Gasteiger partial charge in [-0.05, 0) is 11.6 Å². The van der Waals surface area contributed by atoms with Crippen LogP contribution in [0, 0.1) is 0 Å². The maximum atomic E-state index is 9.23. The summed E-state index contributed by atoms with van der Waals surface area (Å²) in [5, 5.41) is 21.4. The van der Waals surface area contributed by atoms with Gasteiger partial charge in [0.05, 0.1) is 0 Å². The van der Waals surface area contributed by atoms with E-state index in [4.69, 9.17) is 4.74 Å². The fraction of sp³-hybridized carbons (Fsp3) is 0.333. The minimum atomic E-state index is -2.01. The van der Waals surface area contributed by atoms with Crippen LogP contribution in [-0.2, 0) is 11.2 Å². The highest BCUT2D eigenvalue weighted by molar-refractivity contribution is 5.60. The van der Waals surface area contributed by atoms with Crippen LogP contribution in [0.2, 0.25) is 0 Å². The predicted octanol–water partition coefficient (Wildman–Crippen LogP) is 0.0195. The smallest absolute Gasteiger partial charge is 0.331 e. The Morgan fingerprint density at radius 1 is 1.31 bits per heavy atom. The molecule has 1 aromatic rings. The molecule has 4 nitrogen and oxygen atoms in total. The van der Waals surface area contributed by atoms with E-state index in [1.807, 2.05) is 24.3 Å². The van der Waals surface area contributed by atoms with Gasteiger partial charge in [-0.15, -0.1) is 0 Å². The molecule has 2 aliphatic rings. The van der Waals surface area contributed by atoms with E-state index in [2.05, 4.69) is 5.32 Å². The van der Waals surface area contributed by atoms with Crippen LogP contribution in [0.25, 0.3) is 0 Å². The van der Waals surface area contributed by atoms with Crippen molar-refractivity contribution >= 4 is 5.69 Å². The van der Waals surface area contributed by atoms with Crippen molar-refractivity contribution in [1.82, 2.24) is 0 Å². The molecule has 3 rings (SSSR count). The number of rotatable bonds is 0. The van der Waals surface area contributed by atoms with E-state index in [0.717, 1.165) is 11.3 Å². The van der Waals surface area contributed by atoms with Crippen LogP contribution in [0.5, 0.6) is 0 Å². The van der Waals surface area contributed by atoms with E-state index in [-0.39, 0.29) is 0 Å². The van der Waals surface area contributed by atoms with E-state index >= 15 is 0 Å². The maximum Gasteiger partial charge on any atom is 0.331 e. The summed E-state index contributed by atoms with van der Waals surface area (Å²) in [5.74, 6) is -2.01. The van der Waals surface area contributed by atoms with Gasteiger partial charge in [0.15, 0.2) is 0 Å². The van der Waals surface area contributed by atoms with Crippen molar-refractivity contribution in [2.75, 3.05) is 5.32 Å². The van der Waals surface area contributed by atoms with Crippen LogP contribution >= 0.6 is 0 Å². The summed E-state index contributed by atoms with van der Waals surface area (Å²) < 4.78 is 4.84. The Kier molecular flexibility index (Phi) is 1.05. The largest absolute Gasteiger partial charge is 0.350 e. The predicted molar refractivity (Wildman–Crippen MR) is 44.8 cm³/mol. The van der Waals surface area contributed by atoms with Gasteiger partial charge in [0.2, 0.25) is 5.72 Å². The van der Waals surface area contributed by atoms with E-state index in [9.17, 15) is 10.2 Å². The molecule has 1 atom stereocenters. The molecule has 0 unspecified atom stereocenters. The minimum Gasteiger partial charge on any atom is -0.350 e. The molecule has 0 saturated carbocycles. The second-order valence-corrected chi connectivity index (χ2v) is 3.50. The van der Waals surface area contributed by atoms with Gasteiger partial charge in [-0.25, -0.2) is 0 Å². The van der Waals surface area contributed by atoms with Gasteiger partial charge in [0.25, 0.3) is 0 Å². The number of benzene rings is 1. The Balaban J connectivity index is 2.00. The van der Waals surface area contributed by atoms with Gasteiger partial charge >= 0.3 is 5.97 Å². The number of fused-ring (bicyclic) bond motifs is 1. The lowest BCUT2D eigenvalue weighted by Crippen LogP contribution is -2.31. The highest BCUT2D eigenvalue weighted by atomic mass is 16.9. The summed E-state index contributed by atoms with van der Waals surface area (Å²) >= 11 is 0. The second-order valence-electron chi connectivity index (χ2n) is 3.50. The fourth-order valence-corrected chi connectivity index (χ4v) is 1.80. The highest BCUT2D eigenvalue weighted by Gasteiger charge is 2.72. The summed E-state index contributed by atoms with van der Waals surface area (Å²) in [6, 6.07) is 7.64. The first-order valence-electron chi connectivity index (χ1n) is 4.14. The number of nitrogens with one attached hydrogen (secondary N) is 1. The fourth-order valence-electron chi connectivity index (χ4n) is 1.80. The molecule has 13 heavy (non-hydrogen) atoms. The van der Waals surface area contributed by atoms with E-state index in [0.29, 0.717) is 6.42 Å². The van der Waals surface area contributed by atoms with Crippen molar-refractivity contribution in [3.8, 4) is 0 Å². The van der Waals surface area contributed by atoms with Gasteiger partial charge in [-0.1, -0.05) is 18.2 Å². The molecular weight excluding hydrogens is 170 g/mol. The third kappa shape index (κ3) is 0.798. The topological polar surface area (TPSA) is 65.0 Å². The number of anilines is 1. The van der Waals surface area contributed by atoms with Crippen LogP contribution in [0.1, 0.15) is 5.56 Å². The zero-order chi connectivity index (χ0) is 9.10. The first kappa shape index (κ1) is 7.32. The Morgan fingerprint density at radius 2 is 2.00 bits per heavy atom. The number of hydrogen-bond donors (Lipinski definition) is 3. The van der Waals surface area contributed by atoms with Crippen LogP contribution in [-0.4, -0.2) is 21.9 Å². The minimum absolute atomic E-state index is 0.496. The average Bonchev–Trinajstić information content (AvgIpc) is 2.46. The van der Waals surface area contributed by atoms with Crippen molar-refractivity contribution in [1.29, 1.82) is 0 Å². The first-order chi connectivity index (χ1) is 6.13. The standard InChI is InChI=1S/C9H9NO3/c11-9(12)8(13-9)5-6-3-1-2-4-7(6)10-8/h1-4,10-12H,5H2/t8-/m0/s1. The van der Waals surface area contributed by atoms with Crippen molar-refractivity contribution in [2.45, 2.75) is 18.1 Å². The van der Waals surface area contributed by atoms with Crippen molar-refractivity contribution in [3.05, 3.63) is 29.8 Å². The second kappa shape index (κ2) is 1.87. The van der Waals surface area contributed by atoms with Crippen molar-refractivity contribution < 1.29 is 14.9 Å². The molecule has 1 spiro atoms. The van der Waals surface area contributed by atoms with E-state index in [1.54, 1.807) is 0 Å². The third-order valence-corrected chi connectivity index (χ3v) is 2.59. The van der Waals surface area contributed by atoms with Gasteiger partial charge in [-0.2, -0.15) is 0 Å². The van der Waals surface area contributed by atoms with Crippen LogP contribution in [0.3, 0.4) is 0 Å². The van der Waals surface area contributed by atoms with Gasteiger partial charge in [0, 0.05) is 12.1 Å². The normalized spacial score (nSPS) is 32.8. The summed E-state index contributed by atoms with van der Waals surface area (Å²) in [6.07, 6.45) is 0.496. The monoisotopic (exact) mass is 179 g/mol. The maximum absolute atomic E-state index is 9.23. The zero-order valence-electron chi connectivity index (χ0n) is 6.82. The molecular formula is C9H9NO3. The van der Waals surface area contributed by atoms with E-state index < -0.39 is 11.7 Å². The zero-order valence-corrected chi connectivity index (χ0v) is 6.82. The molecule has 0 amide bonds. The number of aliphatic hydroxyl groups is 2. The van der Waals surface area contributed by atoms with Gasteiger partial charge in [0.1, 0.15) is 0 Å². The molecule has 3 N–H and O–H groups in total. The quantitative estimate of drug-likeness (QED) is 0.388. The lowest BCUT2D eigenvalue weighted by Gasteiger charge is -2.04. The lowest BCUT2D eigenvalue weighted by atomic mass is 10.1. The van der Waals surface area contributed by atoms with Crippen molar-refractivity contribution in [2.24, 2.45) is 0 Å². The summed E-state index contributed by atoms with van der Waals surface area (Å²) in [4.78, 5) is 0. The Labute approximate surface area is 74.8 Å². The van der Waals surface area contributed by atoms with Gasteiger partial charge in [-0.3, -0.25) is 4.74 Å². The molecule has 0 aliphatic carbocycles. The third-order valence-electron chi connectivity index (χ3n) is 2.59. The van der Waals surface area contributed by atoms with E-state index in [1.165, 1.54) is 0 Å². The number of hydrogen-bond acceptors (Lipinski definition) is 4. The molecule has 2 aliphatic heterocycles. The average molecular weight is 179 g/mol. The van der Waals surface area contributed by atoms with Crippen LogP contribution in [0.4, 0.5) is 5.69 Å². The van der Waals surface area contributed by atoms with Crippen LogP contribution < -0.4 is 5.32 Å². The molecule has 0 radical (unpaired) electrons. The molecule has 1 aromatic carbocycles. The molecule has 1 saturated heterocycles. The van der Waals surface area contributed by atoms with Crippen LogP contribution in [0.15, 0.2) is 24.3 Å². The molecule has 1 fully saturated rings. The summed E-state index contributed by atoms with van der Waals surface area (Å²) in [6.45, 7) is 0. The Hall–Kier alpha value is -1.10. The lowest BCUT2D eigenvalue weighted by molar-refractivity contribution is -0.151. The van der Waals surface area contributed by atoms with Crippen molar-refractivity contribution in [3.63, 3.8) is 0 Å². The molecule has 68 valence electrons. The summed E-state index contributed by atoms with van der Waals surface area (Å²) in [5.41, 5.74) is 0.969. The summed E-state index contributed by atoms with van der Waals surface area (Å²) in [7, 11) is 0. The molecule has 0 aromatic heterocycles. The molecule has 2 heterocycles. The first-order valence-corrected chi connectivity index (χ1v) is 4.14. The number of ether oxygens (including phenoxy) is 1. The molecule has 0 bridgehead atoms. The highest BCUT2D eigenvalue weighted by Crippen LogP contribution is 2.51. The van der Waals surface area contributed by atoms with Gasteiger partial charge < -0.3 is 15.5 Å². The SMILES string of the molecule is OC1(O)O[C@@]12Cc1ccccc1N2. The number of para-hydroxylation sites is 1. The number of epoxide rings is 1. The Morgan fingerprint density at radius 3 is 2.62 bits per heavy atom.